The Morgan fingerprint density at radius 1 is 0.600 bits per heavy atom. The highest BCUT2D eigenvalue weighted by atomic mass is 19.4. The van der Waals surface area contributed by atoms with E-state index in [9.17, 15) is 22.8 Å². The Bertz CT molecular complexity index is 425. The van der Waals surface area contributed by atoms with Gasteiger partial charge < -0.3 is 9.47 Å². The summed E-state index contributed by atoms with van der Waals surface area (Å²) in [6, 6.07) is 0. The summed E-state index contributed by atoms with van der Waals surface area (Å²) in [7, 11) is 0. The Balaban J connectivity index is 3.28. The molecule has 0 saturated heterocycles. The average molecular weight is 439 g/mol. The largest absolute Gasteiger partial charge is 0.466 e. The monoisotopic (exact) mass is 438 g/mol. The molecule has 7 heteroatoms. The molecule has 0 aliphatic heterocycles. The van der Waals surface area contributed by atoms with Gasteiger partial charge in [-0.05, 0) is 6.42 Å². The van der Waals surface area contributed by atoms with Crippen LogP contribution >= 0.6 is 0 Å². The number of halogens is 3. The first kappa shape index (κ1) is 28.7. The SMILES string of the molecule is CCCCCCCCCCCCCCCCCOC(=O)CCC(=O)OCC(F)(F)F. The normalized spacial score (nSPS) is 11.5. The van der Waals surface area contributed by atoms with Crippen LogP contribution in [0, 0.1) is 0 Å². The van der Waals surface area contributed by atoms with Gasteiger partial charge in [0.15, 0.2) is 6.61 Å². The minimum Gasteiger partial charge on any atom is -0.466 e. The van der Waals surface area contributed by atoms with E-state index >= 15 is 0 Å². The fourth-order valence-electron chi connectivity index (χ4n) is 3.17. The third-order valence-electron chi connectivity index (χ3n) is 4.94. The summed E-state index contributed by atoms with van der Waals surface area (Å²) < 4.78 is 44.7. The van der Waals surface area contributed by atoms with Crippen LogP contribution in [0.2, 0.25) is 0 Å². The van der Waals surface area contributed by atoms with Crippen LogP contribution in [0.25, 0.3) is 0 Å². The maximum Gasteiger partial charge on any atom is 0.422 e. The van der Waals surface area contributed by atoms with E-state index in [-0.39, 0.29) is 13.0 Å². The number of carbonyl (C=O) groups is 2. The Hall–Kier alpha value is -1.27. The zero-order chi connectivity index (χ0) is 22.5. The lowest BCUT2D eigenvalue weighted by Crippen LogP contribution is -2.20. The lowest BCUT2D eigenvalue weighted by molar-refractivity contribution is -0.186. The number of unbranched alkanes of at least 4 members (excludes halogenated alkanes) is 14. The molecule has 0 aliphatic carbocycles. The number of esters is 2. The summed E-state index contributed by atoms with van der Waals surface area (Å²) in [6.07, 6.45) is 13.6. The molecule has 0 bridgehead atoms. The lowest BCUT2D eigenvalue weighted by Gasteiger charge is -2.08. The minimum absolute atomic E-state index is 0.255. The standard InChI is InChI=1S/C23H41F3O4/c1-2-3-4-5-6-7-8-9-10-11-12-13-14-15-16-19-29-21(27)17-18-22(28)30-20-23(24,25)26/h2-20H2,1H3. The van der Waals surface area contributed by atoms with Gasteiger partial charge in [0, 0.05) is 0 Å². The number of hydrogen-bond acceptors (Lipinski definition) is 4. The number of ether oxygens (including phenoxy) is 2. The highest BCUT2D eigenvalue weighted by Crippen LogP contribution is 2.15. The lowest BCUT2D eigenvalue weighted by atomic mass is 10.0. The van der Waals surface area contributed by atoms with Crippen LogP contribution in [0.3, 0.4) is 0 Å². The van der Waals surface area contributed by atoms with E-state index in [4.69, 9.17) is 4.74 Å². The van der Waals surface area contributed by atoms with Crippen LogP contribution in [-0.2, 0) is 19.1 Å². The van der Waals surface area contributed by atoms with Crippen LogP contribution in [0.4, 0.5) is 13.2 Å². The van der Waals surface area contributed by atoms with Gasteiger partial charge in [-0.3, -0.25) is 9.59 Å². The molecule has 0 aromatic heterocycles. The zero-order valence-corrected chi connectivity index (χ0v) is 18.7. The second kappa shape index (κ2) is 19.7. The van der Waals surface area contributed by atoms with Gasteiger partial charge in [-0.2, -0.15) is 13.2 Å². The number of alkyl halides is 3. The van der Waals surface area contributed by atoms with Crippen molar-refractivity contribution in [1.29, 1.82) is 0 Å². The van der Waals surface area contributed by atoms with Gasteiger partial charge in [0.25, 0.3) is 0 Å². The highest BCUT2D eigenvalue weighted by molar-refractivity contribution is 5.77. The van der Waals surface area contributed by atoms with Crippen molar-refractivity contribution in [1.82, 2.24) is 0 Å². The molecule has 30 heavy (non-hydrogen) atoms. The summed E-state index contributed by atoms with van der Waals surface area (Å²) in [5.74, 6) is -1.62. The van der Waals surface area contributed by atoms with E-state index in [2.05, 4.69) is 11.7 Å². The molecule has 0 N–H and O–H groups in total. The van der Waals surface area contributed by atoms with E-state index in [1.165, 1.54) is 77.0 Å². The van der Waals surface area contributed by atoms with E-state index < -0.39 is 31.1 Å². The fourth-order valence-corrected chi connectivity index (χ4v) is 3.17. The molecular formula is C23H41F3O4. The summed E-state index contributed by atoms with van der Waals surface area (Å²) in [4.78, 5) is 22.5. The molecular weight excluding hydrogens is 397 g/mol. The van der Waals surface area contributed by atoms with Gasteiger partial charge in [0.2, 0.25) is 0 Å². The number of rotatable bonds is 20. The predicted octanol–water partition coefficient (Wildman–Crippen LogP) is 7.29. The Labute approximate surface area is 180 Å². The topological polar surface area (TPSA) is 52.6 Å². The van der Waals surface area contributed by atoms with Crippen LogP contribution in [0.1, 0.15) is 116 Å². The summed E-state index contributed by atoms with van der Waals surface area (Å²) >= 11 is 0. The second-order valence-corrected chi connectivity index (χ2v) is 7.95. The molecule has 0 heterocycles. The average Bonchev–Trinajstić information content (AvgIpc) is 2.69. The molecule has 0 aromatic rings. The minimum atomic E-state index is -4.55. The molecule has 0 spiro atoms. The van der Waals surface area contributed by atoms with E-state index in [0.29, 0.717) is 0 Å². The maximum atomic E-state index is 11.9. The molecule has 0 aromatic carbocycles. The predicted molar refractivity (Wildman–Crippen MR) is 112 cm³/mol. The van der Waals surface area contributed by atoms with Crippen molar-refractivity contribution >= 4 is 11.9 Å². The molecule has 0 saturated carbocycles. The highest BCUT2D eigenvalue weighted by Gasteiger charge is 2.29. The first-order valence-corrected chi connectivity index (χ1v) is 11.7. The van der Waals surface area contributed by atoms with E-state index in [1.54, 1.807) is 0 Å². The van der Waals surface area contributed by atoms with Gasteiger partial charge in [0.05, 0.1) is 19.4 Å². The van der Waals surface area contributed by atoms with Crippen LogP contribution < -0.4 is 0 Å². The molecule has 0 fully saturated rings. The molecule has 0 aliphatic rings. The van der Waals surface area contributed by atoms with Crippen molar-refractivity contribution in [2.75, 3.05) is 13.2 Å². The van der Waals surface area contributed by atoms with Crippen molar-refractivity contribution in [3.05, 3.63) is 0 Å². The van der Waals surface area contributed by atoms with Crippen molar-refractivity contribution in [2.24, 2.45) is 0 Å². The van der Waals surface area contributed by atoms with Gasteiger partial charge in [-0.15, -0.1) is 0 Å². The molecule has 0 rings (SSSR count). The van der Waals surface area contributed by atoms with Gasteiger partial charge in [-0.1, -0.05) is 96.8 Å². The maximum absolute atomic E-state index is 11.9. The van der Waals surface area contributed by atoms with Crippen molar-refractivity contribution in [3.8, 4) is 0 Å². The Morgan fingerprint density at radius 3 is 1.37 bits per heavy atom. The summed E-state index contributed by atoms with van der Waals surface area (Å²) in [5.41, 5.74) is 0. The number of carbonyl (C=O) groups excluding carboxylic acids is 2. The number of hydrogen-bond donors (Lipinski definition) is 0. The third-order valence-corrected chi connectivity index (χ3v) is 4.94. The first-order valence-electron chi connectivity index (χ1n) is 11.7. The van der Waals surface area contributed by atoms with Gasteiger partial charge >= 0.3 is 18.1 Å². The fraction of sp³-hybridized carbons (Fsp3) is 0.913. The Kier molecular flexibility index (Phi) is 18.8. The smallest absolute Gasteiger partial charge is 0.422 e. The van der Waals surface area contributed by atoms with Crippen molar-refractivity contribution in [2.45, 2.75) is 122 Å². The van der Waals surface area contributed by atoms with Crippen LogP contribution in [0.5, 0.6) is 0 Å². The molecule has 0 atom stereocenters. The van der Waals surface area contributed by atoms with E-state index in [1.807, 2.05) is 0 Å². The quantitative estimate of drug-likeness (QED) is 0.148. The summed E-state index contributed by atoms with van der Waals surface area (Å²) in [6.45, 7) is 0.905. The molecule has 4 nitrogen and oxygen atoms in total. The molecule has 0 amide bonds. The first-order chi connectivity index (χ1) is 14.3. The summed E-state index contributed by atoms with van der Waals surface area (Å²) in [5, 5.41) is 0. The van der Waals surface area contributed by atoms with Gasteiger partial charge in [-0.25, -0.2) is 0 Å². The van der Waals surface area contributed by atoms with Gasteiger partial charge in [0.1, 0.15) is 0 Å². The third kappa shape index (κ3) is 23.0. The van der Waals surface area contributed by atoms with Crippen LogP contribution in [-0.4, -0.2) is 31.3 Å². The Morgan fingerprint density at radius 2 is 0.967 bits per heavy atom. The van der Waals surface area contributed by atoms with Crippen molar-refractivity contribution < 1.29 is 32.2 Å². The second-order valence-electron chi connectivity index (χ2n) is 7.95. The zero-order valence-electron chi connectivity index (χ0n) is 18.7. The molecule has 0 radical (unpaired) electrons. The van der Waals surface area contributed by atoms with Crippen molar-refractivity contribution in [3.63, 3.8) is 0 Å². The van der Waals surface area contributed by atoms with Crippen LogP contribution in [0.15, 0.2) is 0 Å². The molecule has 178 valence electrons. The molecule has 0 unspecified atom stereocenters. The van der Waals surface area contributed by atoms with E-state index in [0.717, 1.165) is 19.3 Å².